The Bertz CT molecular complexity index is 490. The second kappa shape index (κ2) is 4.78. The first-order chi connectivity index (χ1) is 9.06. The van der Waals surface area contributed by atoms with Gasteiger partial charge in [-0.25, -0.2) is 9.78 Å². The molecule has 1 heterocycles. The molecule has 104 valence electrons. The van der Waals surface area contributed by atoms with E-state index in [2.05, 4.69) is 23.7 Å². The molecular formula is C14H20N2O2S. The van der Waals surface area contributed by atoms with Gasteiger partial charge in [0.15, 0.2) is 5.13 Å². The molecule has 4 nitrogen and oxygen atoms in total. The molecule has 1 aromatic heterocycles. The minimum Gasteiger partial charge on any atom is -0.477 e. The van der Waals surface area contributed by atoms with Crippen molar-refractivity contribution in [3.63, 3.8) is 0 Å². The third kappa shape index (κ3) is 2.76. The largest absolute Gasteiger partial charge is 0.477 e. The summed E-state index contributed by atoms with van der Waals surface area (Å²) in [6.07, 6.45) is 4.62. The van der Waals surface area contributed by atoms with Crippen LogP contribution in [0, 0.1) is 5.92 Å². The number of carboxylic acid groups (broad SMARTS) is 1. The highest BCUT2D eigenvalue weighted by atomic mass is 32.1. The monoisotopic (exact) mass is 280 g/mol. The summed E-state index contributed by atoms with van der Waals surface area (Å²) < 4.78 is 0. The maximum absolute atomic E-state index is 11.3. The smallest absolute Gasteiger partial charge is 0.347 e. The van der Waals surface area contributed by atoms with E-state index in [-0.39, 0.29) is 0 Å². The number of carbonyl (C=O) groups is 1. The quantitative estimate of drug-likeness (QED) is 0.868. The van der Waals surface area contributed by atoms with Crippen molar-refractivity contribution in [3.05, 3.63) is 10.6 Å². The summed E-state index contributed by atoms with van der Waals surface area (Å²) in [6.45, 7) is 5.37. The topological polar surface area (TPSA) is 53.4 Å². The Morgan fingerprint density at radius 2 is 2.11 bits per heavy atom. The van der Waals surface area contributed by atoms with Gasteiger partial charge in [0, 0.05) is 18.5 Å². The van der Waals surface area contributed by atoms with Gasteiger partial charge in [-0.3, -0.25) is 0 Å². The average molecular weight is 280 g/mol. The molecule has 1 N–H and O–H groups in total. The van der Waals surface area contributed by atoms with Gasteiger partial charge in [-0.05, 0) is 31.6 Å². The molecule has 0 bridgehead atoms. The van der Waals surface area contributed by atoms with Gasteiger partial charge in [0.25, 0.3) is 0 Å². The van der Waals surface area contributed by atoms with Crippen molar-refractivity contribution in [2.75, 3.05) is 11.4 Å². The number of aromatic nitrogens is 1. The van der Waals surface area contributed by atoms with Crippen LogP contribution in [0.2, 0.25) is 0 Å². The highest BCUT2D eigenvalue weighted by molar-refractivity contribution is 7.17. The molecule has 2 saturated carbocycles. The van der Waals surface area contributed by atoms with Crippen LogP contribution in [0.4, 0.5) is 5.13 Å². The molecule has 2 aliphatic carbocycles. The lowest BCUT2D eigenvalue weighted by Gasteiger charge is -2.23. The van der Waals surface area contributed by atoms with Crippen LogP contribution in [-0.2, 0) is 0 Å². The van der Waals surface area contributed by atoms with E-state index in [0.717, 1.165) is 30.2 Å². The van der Waals surface area contributed by atoms with Crippen molar-refractivity contribution in [2.24, 2.45) is 5.92 Å². The average Bonchev–Trinajstić information content (AvgIpc) is 3.22. The van der Waals surface area contributed by atoms with Crippen LogP contribution in [-0.4, -0.2) is 28.6 Å². The first-order valence-electron chi connectivity index (χ1n) is 7.07. The van der Waals surface area contributed by atoms with E-state index in [4.69, 9.17) is 0 Å². The van der Waals surface area contributed by atoms with Gasteiger partial charge in [0.05, 0.1) is 5.69 Å². The number of nitrogens with zero attached hydrogens (tertiary/aromatic N) is 2. The maximum atomic E-state index is 11.3. The van der Waals surface area contributed by atoms with Crippen molar-refractivity contribution in [2.45, 2.75) is 51.5 Å². The van der Waals surface area contributed by atoms with Gasteiger partial charge >= 0.3 is 5.97 Å². The molecule has 0 unspecified atom stereocenters. The summed E-state index contributed by atoms with van der Waals surface area (Å²) in [6, 6.07) is 0.585. The number of hydrogen-bond donors (Lipinski definition) is 1. The predicted octanol–water partition coefficient (Wildman–Crippen LogP) is 3.34. The SMILES string of the molecule is CC(C)CN(c1nc(C2CC2)c(C(=O)O)s1)C1CC1. The zero-order valence-electron chi connectivity index (χ0n) is 11.4. The molecule has 0 amide bonds. The summed E-state index contributed by atoms with van der Waals surface area (Å²) in [4.78, 5) is 18.8. The molecule has 0 atom stereocenters. The molecular weight excluding hydrogens is 260 g/mol. The molecule has 2 fully saturated rings. The normalized spacial score (nSPS) is 18.9. The second-order valence-electron chi connectivity index (χ2n) is 6.07. The van der Waals surface area contributed by atoms with E-state index in [1.807, 2.05) is 0 Å². The highest BCUT2D eigenvalue weighted by Gasteiger charge is 2.36. The number of anilines is 1. The fourth-order valence-corrected chi connectivity index (χ4v) is 3.46. The van der Waals surface area contributed by atoms with E-state index in [0.29, 0.717) is 22.8 Å². The summed E-state index contributed by atoms with van der Waals surface area (Å²) in [5.41, 5.74) is 0.835. The van der Waals surface area contributed by atoms with Crippen molar-refractivity contribution in [1.82, 2.24) is 4.98 Å². The van der Waals surface area contributed by atoms with Crippen LogP contribution >= 0.6 is 11.3 Å². The number of thiazole rings is 1. The zero-order chi connectivity index (χ0) is 13.6. The Balaban J connectivity index is 1.89. The highest BCUT2D eigenvalue weighted by Crippen LogP contribution is 2.45. The molecule has 19 heavy (non-hydrogen) atoms. The fraction of sp³-hybridized carbons (Fsp3) is 0.714. The Morgan fingerprint density at radius 1 is 1.42 bits per heavy atom. The van der Waals surface area contributed by atoms with E-state index < -0.39 is 5.97 Å². The first kappa shape index (κ1) is 12.9. The van der Waals surface area contributed by atoms with Crippen molar-refractivity contribution < 1.29 is 9.90 Å². The van der Waals surface area contributed by atoms with Crippen molar-refractivity contribution in [3.8, 4) is 0 Å². The van der Waals surface area contributed by atoms with Crippen molar-refractivity contribution >= 4 is 22.4 Å². The van der Waals surface area contributed by atoms with Crippen LogP contribution in [0.1, 0.15) is 60.8 Å². The summed E-state index contributed by atoms with van der Waals surface area (Å²) in [7, 11) is 0. The van der Waals surface area contributed by atoms with Gasteiger partial charge in [0.2, 0.25) is 0 Å². The lowest BCUT2D eigenvalue weighted by atomic mass is 10.2. The minimum absolute atomic E-state index is 0.399. The Kier molecular flexibility index (Phi) is 3.25. The maximum Gasteiger partial charge on any atom is 0.347 e. The lowest BCUT2D eigenvalue weighted by Crippen LogP contribution is -2.29. The number of rotatable bonds is 6. The fourth-order valence-electron chi connectivity index (χ4n) is 2.39. The van der Waals surface area contributed by atoms with Gasteiger partial charge < -0.3 is 10.0 Å². The molecule has 0 radical (unpaired) electrons. The van der Waals surface area contributed by atoms with Crippen LogP contribution in [0.15, 0.2) is 0 Å². The molecule has 5 heteroatoms. The lowest BCUT2D eigenvalue weighted by molar-refractivity contribution is 0.0700. The third-order valence-electron chi connectivity index (χ3n) is 3.60. The van der Waals surface area contributed by atoms with Gasteiger partial charge in [-0.2, -0.15) is 0 Å². The van der Waals surface area contributed by atoms with E-state index in [9.17, 15) is 9.90 Å². The zero-order valence-corrected chi connectivity index (χ0v) is 12.2. The predicted molar refractivity (Wildman–Crippen MR) is 76.3 cm³/mol. The third-order valence-corrected chi connectivity index (χ3v) is 4.69. The Labute approximate surface area is 117 Å². The van der Waals surface area contributed by atoms with Gasteiger partial charge in [0.1, 0.15) is 4.88 Å². The molecule has 1 aromatic rings. The van der Waals surface area contributed by atoms with E-state index in [1.54, 1.807) is 0 Å². The summed E-state index contributed by atoms with van der Waals surface area (Å²) in [5.74, 6) is 0.157. The Hall–Kier alpha value is -1.10. The summed E-state index contributed by atoms with van der Waals surface area (Å²) in [5, 5.41) is 10.3. The van der Waals surface area contributed by atoms with Crippen LogP contribution in [0.3, 0.4) is 0 Å². The van der Waals surface area contributed by atoms with E-state index >= 15 is 0 Å². The van der Waals surface area contributed by atoms with Crippen molar-refractivity contribution in [1.29, 1.82) is 0 Å². The van der Waals surface area contributed by atoms with Crippen LogP contribution < -0.4 is 4.90 Å². The number of carboxylic acids is 1. The van der Waals surface area contributed by atoms with Crippen LogP contribution in [0.25, 0.3) is 0 Å². The molecule has 2 aliphatic rings. The molecule has 0 aromatic carbocycles. The number of aromatic carboxylic acids is 1. The second-order valence-corrected chi connectivity index (χ2v) is 7.05. The standard InChI is InChI=1S/C14H20N2O2S/c1-8(2)7-16(10-5-6-10)14-15-11(9-3-4-9)12(19-14)13(17)18/h8-10H,3-7H2,1-2H3,(H,17,18). The molecule has 0 saturated heterocycles. The first-order valence-corrected chi connectivity index (χ1v) is 7.88. The number of hydrogen-bond acceptors (Lipinski definition) is 4. The van der Waals surface area contributed by atoms with E-state index in [1.165, 1.54) is 24.2 Å². The minimum atomic E-state index is -0.814. The van der Waals surface area contributed by atoms with Gasteiger partial charge in [-0.15, -0.1) is 0 Å². The summed E-state index contributed by atoms with van der Waals surface area (Å²) >= 11 is 1.37. The van der Waals surface area contributed by atoms with Gasteiger partial charge in [-0.1, -0.05) is 25.2 Å². The molecule has 0 spiro atoms. The Morgan fingerprint density at radius 3 is 2.58 bits per heavy atom. The molecule has 3 rings (SSSR count). The molecule has 0 aliphatic heterocycles. The van der Waals surface area contributed by atoms with Crippen LogP contribution in [0.5, 0.6) is 0 Å².